The second-order valence-electron chi connectivity index (χ2n) is 8.45. The Morgan fingerprint density at radius 3 is 2.46 bits per heavy atom. The fourth-order valence-electron chi connectivity index (χ4n) is 4.28. The van der Waals surface area contributed by atoms with Crippen LogP contribution in [0.5, 0.6) is 0 Å². The van der Waals surface area contributed by atoms with E-state index in [1.165, 1.54) is 18.2 Å². The lowest BCUT2D eigenvalue weighted by Crippen LogP contribution is -2.54. The van der Waals surface area contributed by atoms with Gasteiger partial charge in [-0.3, -0.25) is 10.3 Å². The number of nitrogens with two attached hydrogens (primary N) is 1. The predicted octanol–water partition coefficient (Wildman–Crippen LogP) is 4.20. The highest BCUT2D eigenvalue weighted by Gasteiger charge is 2.29. The molecule has 0 amide bonds. The van der Waals surface area contributed by atoms with E-state index in [1.54, 1.807) is 12.1 Å². The van der Waals surface area contributed by atoms with Crippen molar-refractivity contribution in [2.45, 2.75) is 19.0 Å². The Morgan fingerprint density at radius 1 is 1.00 bits per heavy atom. The van der Waals surface area contributed by atoms with Crippen molar-refractivity contribution in [3.63, 3.8) is 0 Å². The molecule has 1 fully saturated rings. The van der Waals surface area contributed by atoms with Crippen molar-refractivity contribution in [3.05, 3.63) is 101 Å². The normalized spacial score (nSPS) is 16.5. The molecule has 0 unspecified atom stereocenters. The van der Waals surface area contributed by atoms with Gasteiger partial charge in [-0.25, -0.2) is 13.2 Å². The summed E-state index contributed by atoms with van der Waals surface area (Å²) in [5, 5.41) is 3.64. The number of halogens is 3. The molecule has 1 atom stereocenters. The second-order valence-corrected chi connectivity index (χ2v) is 8.89. The molecule has 3 N–H and O–H groups in total. The molecule has 1 heterocycles. The Hall–Kier alpha value is -3.43. The molecule has 1 saturated heterocycles. The Bertz CT molecular complexity index is 1190. The van der Waals surface area contributed by atoms with Crippen molar-refractivity contribution in [2.75, 3.05) is 24.5 Å². The monoisotopic (exact) mass is 497 g/mol. The molecular weight excluding hydrogens is 471 g/mol. The van der Waals surface area contributed by atoms with Crippen molar-refractivity contribution in [2.24, 2.45) is 10.8 Å². The van der Waals surface area contributed by atoms with Gasteiger partial charge in [-0.05, 0) is 48.0 Å². The summed E-state index contributed by atoms with van der Waals surface area (Å²) in [7, 11) is 0. The van der Waals surface area contributed by atoms with Crippen LogP contribution in [-0.4, -0.2) is 41.9 Å². The highest BCUT2D eigenvalue weighted by molar-refractivity contribution is 7.80. The van der Waals surface area contributed by atoms with E-state index in [0.29, 0.717) is 26.2 Å². The van der Waals surface area contributed by atoms with Crippen molar-refractivity contribution in [1.82, 2.24) is 10.3 Å². The number of thiocarbonyl (C=S) groups is 1. The standard InChI is InChI=1S/C26H26F3N5S/c27-21-8-6-19(7-9-21)16-33-10-11-34(17-22(33)12-18-4-2-1-3-5-18)25-14-23(28)20(13-24(25)29)15-31-32-26(30)35/h1-9,13-15,22H,10-12,16-17H2,(H3,30,32,35)/t22-/m0/s1. The number of nitrogens with one attached hydrogen (secondary N) is 1. The number of nitrogens with zero attached hydrogens (tertiary/aromatic N) is 3. The third kappa shape index (κ3) is 6.58. The minimum atomic E-state index is -0.594. The third-order valence-corrected chi connectivity index (χ3v) is 6.09. The molecule has 0 aromatic heterocycles. The van der Waals surface area contributed by atoms with Gasteiger partial charge in [-0.2, -0.15) is 5.10 Å². The van der Waals surface area contributed by atoms with Crippen LogP contribution in [0.25, 0.3) is 0 Å². The van der Waals surface area contributed by atoms with E-state index in [0.717, 1.165) is 29.8 Å². The number of benzene rings is 3. The Labute approximate surface area is 208 Å². The smallest absolute Gasteiger partial charge is 0.184 e. The molecule has 0 aliphatic carbocycles. The maximum absolute atomic E-state index is 15.0. The van der Waals surface area contributed by atoms with E-state index >= 15 is 4.39 Å². The lowest BCUT2D eigenvalue weighted by molar-refractivity contribution is 0.166. The molecule has 1 aliphatic heterocycles. The van der Waals surface area contributed by atoms with Crippen molar-refractivity contribution in [3.8, 4) is 0 Å². The first-order chi connectivity index (χ1) is 16.9. The molecule has 3 aromatic rings. The van der Waals surface area contributed by atoms with E-state index in [1.807, 2.05) is 23.1 Å². The van der Waals surface area contributed by atoms with Gasteiger partial charge >= 0.3 is 0 Å². The quantitative estimate of drug-likeness (QED) is 0.291. The molecule has 5 nitrogen and oxygen atoms in total. The maximum Gasteiger partial charge on any atom is 0.184 e. The van der Waals surface area contributed by atoms with Gasteiger partial charge in [-0.1, -0.05) is 42.5 Å². The molecular formula is C26H26F3N5S. The summed E-state index contributed by atoms with van der Waals surface area (Å²) < 4.78 is 43.1. The lowest BCUT2D eigenvalue weighted by Gasteiger charge is -2.43. The van der Waals surface area contributed by atoms with Gasteiger partial charge in [0.15, 0.2) is 5.11 Å². The van der Waals surface area contributed by atoms with Gasteiger partial charge in [0.05, 0.1) is 11.9 Å². The van der Waals surface area contributed by atoms with Gasteiger partial charge in [0.25, 0.3) is 0 Å². The Kier molecular flexibility index (Phi) is 7.99. The van der Waals surface area contributed by atoms with E-state index in [9.17, 15) is 8.78 Å². The van der Waals surface area contributed by atoms with Gasteiger partial charge in [0.2, 0.25) is 0 Å². The topological polar surface area (TPSA) is 56.9 Å². The SMILES string of the molecule is NC(=S)NN=Cc1cc(F)c(N2CCN(Cc3ccc(F)cc3)[C@@H](Cc3ccccc3)C2)cc1F. The largest absolute Gasteiger partial charge is 0.375 e. The average Bonchev–Trinajstić information content (AvgIpc) is 2.84. The summed E-state index contributed by atoms with van der Waals surface area (Å²) in [5.41, 5.74) is 9.98. The van der Waals surface area contributed by atoms with Crippen molar-refractivity contribution < 1.29 is 13.2 Å². The molecule has 0 bridgehead atoms. The highest BCUT2D eigenvalue weighted by atomic mass is 32.1. The van der Waals surface area contributed by atoms with Crippen LogP contribution in [0.15, 0.2) is 71.8 Å². The highest BCUT2D eigenvalue weighted by Crippen LogP contribution is 2.27. The van der Waals surface area contributed by atoms with E-state index in [2.05, 4.69) is 39.8 Å². The van der Waals surface area contributed by atoms with E-state index in [-0.39, 0.29) is 28.2 Å². The fraction of sp³-hybridized carbons (Fsp3) is 0.231. The van der Waals surface area contributed by atoms with Crippen LogP contribution in [0.2, 0.25) is 0 Å². The first-order valence-corrected chi connectivity index (χ1v) is 11.6. The number of hydrazone groups is 1. The molecule has 182 valence electrons. The first kappa shape index (κ1) is 24.7. The molecule has 0 saturated carbocycles. The minimum Gasteiger partial charge on any atom is -0.375 e. The third-order valence-electron chi connectivity index (χ3n) is 6.00. The van der Waals surface area contributed by atoms with Crippen LogP contribution >= 0.6 is 12.2 Å². The Morgan fingerprint density at radius 2 is 1.74 bits per heavy atom. The molecule has 9 heteroatoms. The zero-order chi connectivity index (χ0) is 24.8. The summed E-state index contributed by atoms with van der Waals surface area (Å²) in [6.45, 7) is 2.34. The van der Waals surface area contributed by atoms with Crippen LogP contribution < -0.4 is 16.1 Å². The number of anilines is 1. The van der Waals surface area contributed by atoms with Gasteiger partial charge in [-0.15, -0.1) is 0 Å². The van der Waals surface area contributed by atoms with Gasteiger partial charge < -0.3 is 10.6 Å². The van der Waals surface area contributed by atoms with Crippen molar-refractivity contribution >= 4 is 29.2 Å². The Balaban J connectivity index is 1.55. The van der Waals surface area contributed by atoms with Crippen LogP contribution in [0.4, 0.5) is 18.9 Å². The average molecular weight is 498 g/mol. The second kappa shape index (κ2) is 11.3. The molecule has 35 heavy (non-hydrogen) atoms. The molecule has 0 radical (unpaired) electrons. The molecule has 3 aromatic carbocycles. The summed E-state index contributed by atoms with van der Waals surface area (Å²) >= 11 is 4.65. The predicted molar refractivity (Wildman–Crippen MR) is 137 cm³/mol. The number of hydrogen-bond donors (Lipinski definition) is 2. The lowest BCUT2D eigenvalue weighted by atomic mass is 10.0. The van der Waals surface area contributed by atoms with Crippen LogP contribution in [0.3, 0.4) is 0 Å². The molecule has 0 spiro atoms. The van der Waals surface area contributed by atoms with Gasteiger partial charge in [0.1, 0.15) is 17.5 Å². The fourth-order valence-corrected chi connectivity index (χ4v) is 4.34. The van der Waals surface area contributed by atoms with E-state index < -0.39 is 11.6 Å². The van der Waals surface area contributed by atoms with Crippen LogP contribution in [-0.2, 0) is 13.0 Å². The number of piperazine rings is 1. The molecule has 1 aliphatic rings. The summed E-state index contributed by atoms with van der Waals surface area (Å²) in [6.07, 6.45) is 1.89. The summed E-state index contributed by atoms with van der Waals surface area (Å²) in [5.74, 6) is -1.40. The zero-order valence-corrected chi connectivity index (χ0v) is 19.8. The first-order valence-electron chi connectivity index (χ1n) is 11.2. The van der Waals surface area contributed by atoms with Gasteiger partial charge in [0, 0.05) is 43.9 Å². The van der Waals surface area contributed by atoms with E-state index in [4.69, 9.17) is 5.73 Å². The van der Waals surface area contributed by atoms with Crippen molar-refractivity contribution in [1.29, 1.82) is 0 Å². The summed E-state index contributed by atoms with van der Waals surface area (Å²) in [6, 6.07) is 18.9. The molecule has 4 rings (SSSR count). The summed E-state index contributed by atoms with van der Waals surface area (Å²) in [4.78, 5) is 4.19. The van der Waals surface area contributed by atoms with Crippen LogP contribution in [0, 0.1) is 17.5 Å². The number of hydrogen-bond acceptors (Lipinski definition) is 4. The number of rotatable bonds is 7. The van der Waals surface area contributed by atoms with Crippen LogP contribution in [0.1, 0.15) is 16.7 Å². The minimum absolute atomic E-state index is 0.00854. The zero-order valence-electron chi connectivity index (χ0n) is 19.0. The maximum atomic E-state index is 15.0.